The third kappa shape index (κ3) is 4.05. The second-order valence-corrected chi connectivity index (χ2v) is 8.97. The van der Waals surface area contributed by atoms with Crippen LogP contribution in [0.2, 0.25) is 5.02 Å². The van der Waals surface area contributed by atoms with Gasteiger partial charge >= 0.3 is 0 Å². The molecule has 1 atom stereocenters. The van der Waals surface area contributed by atoms with Gasteiger partial charge in [0.25, 0.3) is 11.7 Å². The van der Waals surface area contributed by atoms with Crippen molar-refractivity contribution in [2.24, 2.45) is 0 Å². The lowest BCUT2D eigenvalue weighted by Gasteiger charge is -2.30. The van der Waals surface area contributed by atoms with Gasteiger partial charge in [-0.1, -0.05) is 29.8 Å². The van der Waals surface area contributed by atoms with E-state index < -0.39 is 17.7 Å². The summed E-state index contributed by atoms with van der Waals surface area (Å²) in [6.07, 6.45) is 6.82. The number of aromatic nitrogens is 1. The average Bonchev–Trinajstić information content (AvgIpc) is 3.15. The fourth-order valence-corrected chi connectivity index (χ4v) is 4.91. The van der Waals surface area contributed by atoms with Crippen molar-refractivity contribution in [1.29, 1.82) is 0 Å². The molecule has 3 aromatic rings. The van der Waals surface area contributed by atoms with E-state index in [0.29, 0.717) is 21.8 Å². The van der Waals surface area contributed by atoms with Crippen LogP contribution in [0.4, 0.5) is 11.4 Å². The maximum Gasteiger partial charge on any atom is 0.300 e. The normalized spacial score (nSPS) is 20.1. The summed E-state index contributed by atoms with van der Waals surface area (Å²) in [5.74, 6) is -1.70. The lowest BCUT2D eigenvalue weighted by molar-refractivity contribution is -0.132. The number of ketones is 1. The third-order valence-corrected chi connectivity index (χ3v) is 6.63. The first-order valence-electron chi connectivity index (χ1n) is 11.4. The van der Waals surface area contributed by atoms with Gasteiger partial charge in [-0.25, -0.2) is 0 Å². The molecule has 2 aliphatic heterocycles. The summed E-state index contributed by atoms with van der Waals surface area (Å²) in [7, 11) is 0. The summed E-state index contributed by atoms with van der Waals surface area (Å²) in [6, 6.07) is 17.0. The Bertz CT molecular complexity index is 1250. The molecule has 7 heteroatoms. The Kier molecular flexibility index (Phi) is 6.07. The molecule has 1 aromatic heterocycles. The fourth-order valence-electron chi connectivity index (χ4n) is 4.72. The van der Waals surface area contributed by atoms with Crippen molar-refractivity contribution < 1.29 is 14.7 Å². The molecule has 5 rings (SSSR count). The second-order valence-electron chi connectivity index (χ2n) is 8.53. The average molecular weight is 474 g/mol. The van der Waals surface area contributed by atoms with Gasteiger partial charge in [0.15, 0.2) is 0 Å². The maximum atomic E-state index is 13.3. The zero-order chi connectivity index (χ0) is 23.7. The first kappa shape index (κ1) is 22.2. The fraction of sp³-hybridized carbons (Fsp3) is 0.222. The van der Waals surface area contributed by atoms with Crippen LogP contribution in [0.1, 0.15) is 36.4 Å². The van der Waals surface area contributed by atoms with Gasteiger partial charge in [0.05, 0.1) is 11.6 Å². The Morgan fingerprint density at radius 3 is 2.35 bits per heavy atom. The largest absolute Gasteiger partial charge is 0.507 e. The number of Topliss-reactive ketones (excluding diaryl/α,β-unsaturated/α-hetero) is 1. The molecule has 0 radical (unpaired) electrons. The molecule has 0 bridgehead atoms. The third-order valence-electron chi connectivity index (χ3n) is 6.39. The molecule has 1 N–H and O–H groups in total. The SMILES string of the molecule is O=C1C(=O)N(c2ccc(N3CCCCC3)cc2)C(c2cccnc2)/C1=C(\O)c1cccc(Cl)c1. The van der Waals surface area contributed by atoms with E-state index in [0.717, 1.165) is 18.8 Å². The number of nitrogens with zero attached hydrogens (tertiary/aromatic N) is 3. The van der Waals surface area contributed by atoms with Gasteiger partial charge in [-0.3, -0.25) is 19.5 Å². The van der Waals surface area contributed by atoms with E-state index in [1.165, 1.54) is 24.2 Å². The minimum atomic E-state index is -0.812. The number of anilines is 2. The number of halogens is 1. The predicted molar refractivity (Wildman–Crippen MR) is 133 cm³/mol. The smallest absolute Gasteiger partial charge is 0.300 e. The number of rotatable bonds is 4. The van der Waals surface area contributed by atoms with Crippen molar-refractivity contribution in [2.45, 2.75) is 25.3 Å². The van der Waals surface area contributed by atoms with Gasteiger partial charge < -0.3 is 10.0 Å². The van der Waals surface area contributed by atoms with Crippen LogP contribution in [0.5, 0.6) is 0 Å². The second kappa shape index (κ2) is 9.31. The molecule has 34 heavy (non-hydrogen) atoms. The van der Waals surface area contributed by atoms with E-state index in [1.807, 2.05) is 24.3 Å². The molecule has 0 aliphatic carbocycles. The zero-order valence-corrected chi connectivity index (χ0v) is 19.3. The molecule has 2 saturated heterocycles. The van der Waals surface area contributed by atoms with Gasteiger partial charge in [-0.05, 0) is 67.3 Å². The van der Waals surface area contributed by atoms with E-state index in [9.17, 15) is 14.7 Å². The Labute approximate surface area is 203 Å². The molecule has 1 amide bonds. The van der Waals surface area contributed by atoms with Gasteiger partial charge in [0.2, 0.25) is 0 Å². The van der Waals surface area contributed by atoms with E-state index in [1.54, 1.807) is 48.8 Å². The van der Waals surface area contributed by atoms with Crippen molar-refractivity contribution in [3.63, 3.8) is 0 Å². The molecular weight excluding hydrogens is 450 g/mol. The minimum Gasteiger partial charge on any atom is -0.507 e. The monoisotopic (exact) mass is 473 g/mol. The van der Waals surface area contributed by atoms with Crippen LogP contribution in [-0.2, 0) is 9.59 Å². The Morgan fingerprint density at radius 1 is 0.941 bits per heavy atom. The van der Waals surface area contributed by atoms with E-state index in [4.69, 9.17) is 11.6 Å². The molecule has 0 spiro atoms. The number of hydrogen-bond donors (Lipinski definition) is 1. The Morgan fingerprint density at radius 2 is 1.68 bits per heavy atom. The molecule has 2 aromatic carbocycles. The molecular formula is C27H24ClN3O3. The standard InChI is InChI=1S/C27H24ClN3O3/c28-20-8-4-6-18(16-20)25(32)23-24(19-7-5-13-29-17-19)31(27(34)26(23)33)22-11-9-21(10-12-22)30-14-2-1-3-15-30/h4-13,16-17,24,32H,1-3,14-15H2/b25-23+. The zero-order valence-electron chi connectivity index (χ0n) is 18.5. The highest BCUT2D eigenvalue weighted by Gasteiger charge is 2.47. The van der Waals surface area contributed by atoms with E-state index in [-0.39, 0.29) is 11.3 Å². The van der Waals surface area contributed by atoms with Crippen LogP contribution in [0.15, 0.2) is 78.6 Å². The lowest BCUT2D eigenvalue weighted by atomic mass is 9.96. The quantitative estimate of drug-likeness (QED) is 0.314. The highest BCUT2D eigenvalue weighted by Crippen LogP contribution is 2.42. The number of hydrogen-bond acceptors (Lipinski definition) is 5. The van der Waals surface area contributed by atoms with Crippen LogP contribution >= 0.6 is 11.6 Å². The summed E-state index contributed by atoms with van der Waals surface area (Å²) in [5.41, 5.74) is 2.70. The highest BCUT2D eigenvalue weighted by atomic mass is 35.5. The number of benzene rings is 2. The number of amides is 1. The first-order valence-corrected chi connectivity index (χ1v) is 11.7. The summed E-state index contributed by atoms with van der Waals surface area (Å²) in [4.78, 5) is 34.4. The number of carbonyl (C=O) groups excluding carboxylic acids is 2. The summed E-state index contributed by atoms with van der Waals surface area (Å²) < 4.78 is 0. The van der Waals surface area contributed by atoms with Crippen molar-refractivity contribution in [1.82, 2.24) is 4.98 Å². The highest BCUT2D eigenvalue weighted by molar-refractivity contribution is 6.51. The number of pyridine rings is 1. The first-order chi connectivity index (χ1) is 16.5. The van der Waals surface area contributed by atoms with Crippen molar-refractivity contribution in [2.75, 3.05) is 22.9 Å². The number of aliphatic hydroxyl groups excluding tert-OH is 1. The van der Waals surface area contributed by atoms with E-state index >= 15 is 0 Å². The van der Waals surface area contributed by atoms with Crippen molar-refractivity contribution in [3.8, 4) is 0 Å². The van der Waals surface area contributed by atoms with Gasteiger partial charge in [0, 0.05) is 47.4 Å². The molecule has 172 valence electrons. The molecule has 1 unspecified atom stereocenters. The Hall–Kier alpha value is -3.64. The Balaban J connectivity index is 1.60. The van der Waals surface area contributed by atoms with Gasteiger partial charge in [0.1, 0.15) is 5.76 Å². The van der Waals surface area contributed by atoms with Crippen LogP contribution in [0.3, 0.4) is 0 Å². The van der Waals surface area contributed by atoms with Crippen molar-refractivity contribution in [3.05, 3.63) is 94.8 Å². The van der Waals surface area contributed by atoms with Crippen LogP contribution < -0.4 is 9.80 Å². The number of carbonyl (C=O) groups is 2. The van der Waals surface area contributed by atoms with Gasteiger partial charge in [-0.2, -0.15) is 0 Å². The van der Waals surface area contributed by atoms with Crippen molar-refractivity contribution >= 4 is 40.4 Å². The maximum absolute atomic E-state index is 13.3. The van der Waals surface area contributed by atoms with Crippen LogP contribution in [-0.4, -0.2) is 34.9 Å². The predicted octanol–water partition coefficient (Wildman–Crippen LogP) is 5.35. The number of aliphatic hydroxyl groups is 1. The molecule has 6 nitrogen and oxygen atoms in total. The van der Waals surface area contributed by atoms with Crippen LogP contribution in [0.25, 0.3) is 5.76 Å². The topological polar surface area (TPSA) is 73.7 Å². The molecule has 3 heterocycles. The summed E-state index contributed by atoms with van der Waals surface area (Å²) in [6.45, 7) is 2.03. The lowest BCUT2D eigenvalue weighted by Crippen LogP contribution is -2.30. The minimum absolute atomic E-state index is 0.0142. The molecule has 0 saturated carbocycles. The summed E-state index contributed by atoms with van der Waals surface area (Å²) >= 11 is 6.11. The number of piperidine rings is 1. The van der Waals surface area contributed by atoms with E-state index in [2.05, 4.69) is 9.88 Å². The van der Waals surface area contributed by atoms with Gasteiger partial charge in [-0.15, -0.1) is 0 Å². The summed E-state index contributed by atoms with van der Waals surface area (Å²) in [5, 5.41) is 11.6. The van der Waals surface area contributed by atoms with Crippen LogP contribution in [0, 0.1) is 0 Å². The molecule has 2 aliphatic rings. The molecule has 2 fully saturated rings.